The number of amides is 2. The van der Waals surface area contributed by atoms with Gasteiger partial charge in [-0.1, -0.05) is 0 Å². The Morgan fingerprint density at radius 1 is 1.12 bits per heavy atom. The van der Waals surface area contributed by atoms with E-state index in [9.17, 15) is 9.59 Å². The molecular weight excluding hydrogens is 239 g/mol. The molecule has 0 aromatic carbocycles. The molecule has 0 N–H and O–H groups in total. The van der Waals surface area contributed by atoms with Crippen LogP contribution in [0, 0.1) is 0 Å². The van der Waals surface area contributed by atoms with Crippen molar-refractivity contribution in [2.24, 2.45) is 0 Å². The SMILES string of the molecule is CC(C)(C)OC(=O)N1CCN(C(=O)CP)CC1. The summed E-state index contributed by atoms with van der Waals surface area (Å²) < 4.78 is 5.28. The van der Waals surface area contributed by atoms with Gasteiger partial charge < -0.3 is 14.5 Å². The second-order valence-corrected chi connectivity index (χ2v) is 5.46. The van der Waals surface area contributed by atoms with Crippen LogP contribution in [0.3, 0.4) is 0 Å². The van der Waals surface area contributed by atoms with Crippen LogP contribution in [0.5, 0.6) is 0 Å². The summed E-state index contributed by atoms with van der Waals surface area (Å²) in [4.78, 5) is 26.6. The lowest BCUT2D eigenvalue weighted by atomic mass is 10.2. The van der Waals surface area contributed by atoms with Gasteiger partial charge in [0.05, 0.1) is 0 Å². The van der Waals surface area contributed by atoms with Gasteiger partial charge in [0.2, 0.25) is 5.91 Å². The Bertz CT molecular complexity index is 294. The summed E-state index contributed by atoms with van der Waals surface area (Å²) in [6.07, 6.45) is 0.141. The van der Waals surface area contributed by atoms with Gasteiger partial charge in [0.25, 0.3) is 0 Å². The third-order valence-corrected chi connectivity index (χ3v) is 2.81. The molecule has 5 nitrogen and oxygen atoms in total. The highest BCUT2D eigenvalue weighted by atomic mass is 31.0. The van der Waals surface area contributed by atoms with Crippen molar-refractivity contribution in [2.45, 2.75) is 26.4 Å². The van der Waals surface area contributed by atoms with E-state index in [2.05, 4.69) is 9.24 Å². The van der Waals surface area contributed by atoms with Crippen LogP contribution in [0.25, 0.3) is 0 Å². The highest BCUT2D eigenvalue weighted by Crippen LogP contribution is 2.12. The summed E-state index contributed by atoms with van der Waals surface area (Å²) in [5, 5.41) is 0. The average Bonchev–Trinajstić information content (AvgIpc) is 2.26. The molecule has 0 saturated carbocycles. The molecule has 1 heterocycles. The number of rotatable bonds is 1. The number of ether oxygens (including phenoxy) is 1. The van der Waals surface area contributed by atoms with Crippen molar-refractivity contribution in [3.05, 3.63) is 0 Å². The molecule has 0 radical (unpaired) electrons. The first-order chi connectivity index (χ1) is 7.83. The van der Waals surface area contributed by atoms with Crippen LogP contribution in [-0.2, 0) is 9.53 Å². The third kappa shape index (κ3) is 4.50. The zero-order valence-electron chi connectivity index (χ0n) is 10.7. The van der Waals surface area contributed by atoms with Crippen LogP contribution in [0.4, 0.5) is 4.79 Å². The largest absolute Gasteiger partial charge is 0.444 e. The fourth-order valence-electron chi connectivity index (χ4n) is 1.59. The molecule has 98 valence electrons. The van der Waals surface area contributed by atoms with Gasteiger partial charge in [0.1, 0.15) is 5.60 Å². The molecule has 1 rings (SSSR count). The standard InChI is InChI=1S/C11H21N2O3P/c1-11(2,3)16-10(15)13-6-4-12(5-7-13)9(14)8-17/h4-8,17H2,1-3H3. The van der Waals surface area contributed by atoms with Crippen molar-refractivity contribution < 1.29 is 14.3 Å². The molecule has 1 aliphatic heterocycles. The van der Waals surface area contributed by atoms with E-state index in [1.165, 1.54) is 0 Å². The first kappa shape index (κ1) is 14.2. The molecule has 1 atom stereocenters. The fraction of sp³-hybridized carbons (Fsp3) is 0.818. The van der Waals surface area contributed by atoms with E-state index in [1.54, 1.807) is 9.80 Å². The molecule has 0 bridgehead atoms. The highest BCUT2D eigenvalue weighted by Gasteiger charge is 2.26. The normalized spacial score (nSPS) is 16.9. The monoisotopic (exact) mass is 260 g/mol. The Labute approximate surface area is 105 Å². The Hall–Kier alpha value is -0.830. The van der Waals surface area contributed by atoms with Crippen molar-refractivity contribution in [3.63, 3.8) is 0 Å². The van der Waals surface area contributed by atoms with E-state index in [4.69, 9.17) is 4.74 Å². The average molecular weight is 260 g/mol. The van der Waals surface area contributed by atoms with Crippen LogP contribution in [0.2, 0.25) is 0 Å². The molecule has 1 fully saturated rings. The van der Waals surface area contributed by atoms with Gasteiger partial charge in [-0.15, -0.1) is 9.24 Å². The quantitative estimate of drug-likeness (QED) is 0.659. The summed E-state index contributed by atoms with van der Waals surface area (Å²) >= 11 is 0. The Morgan fingerprint density at radius 3 is 2.00 bits per heavy atom. The lowest BCUT2D eigenvalue weighted by Crippen LogP contribution is -2.51. The summed E-state index contributed by atoms with van der Waals surface area (Å²) in [7, 11) is 2.42. The number of carbonyl (C=O) groups excluding carboxylic acids is 2. The second-order valence-electron chi connectivity index (χ2n) is 5.05. The zero-order valence-corrected chi connectivity index (χ0v) is 11.9. The van der Waals surface area contributed by atoms with E-state index in [0.29, 0.717) is 32.3 Å². The molecule has 1 aliphatic rings. The predicted octanol–water partition coefficient (Wildman–Crippen LogP) is 0.941. The number of piperazine rings is 1. The maximum absolute atomic E-state index is 11.8. The molecule has 6 heteroatoms. The van der Waals surface area contributed by atoms with E-state index < -0.39 is 5.60 Å². The number of hydrogen-bond donors (Lipinski definition) is 0. The molecule has 2 amide bonds. The fourth-order valence-corrected chi connectivity index (χ4v) is 1.85. The molecule has 0 aromatic rings. The number of hydrogen-bond acceptors (Lipinski definition) is 3. The molecular formula is C11H21N2O3P. The minimum absolute atomic E-state index is 0.110. The molecule has 17 heavy (non-hydrogen) atoms. The topological polar surface area (TPSA) is 49.9 Å². The van der Waals surface area contributed by atoms with Gasteiger partial charge in [-0.2, -0.15) is 0 Å². The Kier molecular flexibility index (Phi) is 4.75. The number of nitrogens with zero attached hydrogens (tertiary/aromatic N) is 2. The Balaban J connectivity index is 2.42. The Morgan fingerprint density at radius 2 is 1.59 bits per heavy atom. The maximum atomic E-state index is 11.8. The maximum Gasteiger partial charge on any atom is 0.410 e. The molecule has 0 spiro atoms. The first-order valence-electron chi connectivity index (χ1n) is 5.79. The molecule has 1 saturated heterocycles. The summed E-state index contributed by atoms with van der Waals surface area (Å²) in [6.45, 7) is 7.81. The second kappa shape index (κ2) is 5.67. The summed E-state index contributed by atoms with van der Waals surface area (Å²) in [5.41, 5.74) is -0.468. The van der Waals surface area contributed by atoms with Crippen LogP contribution < -0.4 is 0 Å². The van der Waals surface area contributed by atoms with E-state index in [1.807, 2.05) is 20.8 Å². The predicted molar refractivity (Wildman–Crippen MR) is 69.0 cm³/mol. The van der Waals surface area contributed by atoms with Gasteiger partial charge in [-0.05, 0) is 20.8 Å². The lowest BCUT2D eigenvalue weighted by molar-refractivity contribution is -0.130. The van der Waals surface area contributed by atoms with Crippen molar-refractivity contribution in [1.82, 2.24) is 9.80 Å². The molecule has 0 aromatic heterocycles. The molecule has 1 unspecified atom stereocenters. The first-order valence-corrected chi connectivity index (χ1v) is 6.61. The van der Waals surface area contributed by atoms with Gasteiger partial charge >= 0.3 is 6.09 Å². The van der Waals surface area contributed by atoms with E-state index >= 15 is 0 Å². The molecule has 0 aliphatic carbocycles. The summed E-state index contributed by atoms with van der Waals surface area (Å²) in [6, 6.07) is 0. The summed E-state index contributed by atoms with van der Waals surface area (Å²) in [5.74, 6) is 0.110. The van der Waals surface area contributed by atoms with Crippen molar-refractivity contribution in [1.29, 1.82) is 0 Å². The van der Waals surface area contributed by atoms with Crippen LogP contribution >= 0.6 is 9.24 Å². The third-order valence-electron chi connectivity index (χ3n) is 2.46. The lowest BCUT2D eigenvalue weighted by Gasteiger charge is -2.35. The van der Waals surface area contributed by atoms with Gasteiger partial charge in [-0.3, -0.25) is 4.79 Å². The van der Waals surface area contributed by atoms with Crippen LogP contribution in [0.1, 0.15) is 20.8 Å². The van der Waals surface area contributed by atoms with Crippen molar-refractivity contribution in [3.8, 4) is 0 Å². The van der Waals surface area contributed by atoms with Gasteiger partial charge in [0.15, 0.2) is 0 Å². The highest BCUT2D eigenvalue weighted by molar-refractivity contribution is 7.18. The van der Waals surface area contributed by atoms with E-state index in [-0.39, 0.29) is 12.0 Å². The minimum atomic E-state index is -0.468. The van der Waals surface area contributed by atoms with Gasteiger partial charge in [-0.25, -0.2) is 4.79 Å². The van der Waals surface area contributed by atoms with Crippen LogP contribution in [-0.4, -0.2) is 59.7 Å². The van der Waals surface area contributed by atoms with E-state index in [0.717, 1.165) is 0 Å². The minimum Gasteiger partial charge on any atom is -0.444 e. The van der Waals surface area contributed by atoms with Gasteiger partial charge in [0, 0.05) is 32.3 Å². The zero-order chi connectivity index (χ0) is 13.1. The smallest absolute Gasteiger partial charge is 0.410 e. The van der Waals surface area contributed by atoms with Crippen LogP contribution in [0.15, 0.2) is 0 Å². The van der Waals surface area contributed by atoms with Crippen molar-refractivity contribution in [2.75, 3.05) is 32.3 Å². The number of carbonyl (C=O) groups is 2. The van der Waals surface area contributed by atoms with Crippen molar-refractivity contribution >= 4 is 21.2 Å².